The lowest BCUT2D eigenvalue weighted by Gasteiger charge is -2.17. The van der Waals surface area contributed by atoms with Gasteiger partial charge in [-0.2, -0.15) is 0 Å². The number of aromatic nitrogens is 1. The molecule has 16 heavy (non-hydrogen) atoms. The van der Waals surface area contributed by atoms with Crippen molar-refractivity contribution in [2.45, 2.75) is 12.2 Å². The van der Waals surface area contributed by atoms with Crippen LogP contribution in [-0.2, 0) is 11.2 Å². The van der Waals surface area contributed by atoms with Crippen LogP contribution in [0.1, 0.15) is 16.1 Å². The molecule has 2 aromatic rings. The maximum atomic E-state index is 11.9. The number of carbonyl (C=O) groups excluding carboxylic acids is 1. The second-order valence-corrected chi connectivity index (χ2v) is 4.02. The van der Waals surface area contributed by atoms with Crippen molar-refractivity contribution >= 4 is 16.7 Å². The largest absolute Gasteiger partial charge is 0.359 e. The summed E-state index contributed by atoms with van der Waals surface area (Å²) in [6.45, 7) is 0. The van der Waals surface area contributed by atoms with Gasteiger partial charge in [-0.25, -0.2) is 0 Å². The minimum Gasteiger partial charge on any atom is -0.359 e. The molecule has 0 radical (unpaired) electrons. The van der Waals surface area contributed by atoms with Crippen molar-refractivity contribution < 1.29 is 14.6 Å². The number of Topliss-reactive ketones (excluding diaryl/α,β-unsaturated/α-hetero) is 1. The van der Waals surface area contributed by atoms with E-state index in [1.807, 2.05) is 24.3 Å². The molecule has 1 atom stereocenters. The molecular formula is C12H11NO3. The fourth-order valence-corrected chi connectivity index (χ4v) is 2.26. The molecule has 0 bridgehead atoms. The van der Waals surface area contributed by atoms with Gasteiger partial charge in [-0.3, -0.25) is 4.79 Å². The second kappa shape index (κ2) is 2.93. The van der Waals surface area contributed by atoms with Crippen molar-refractivity contribution in [3.8, 4) is 0 Å². The molecule has 1 heterocycles. The van der Waals surface area contributed by atoms with Crippen molar-refractivity contribution in [1.82, 2.24) is 4.98 Å². The first-order chi connectivity index (χ1) is 7.65. The highest BCUT2D eigenvalue weighted by Crippen LogP contribution is 2.35. The minimum atomic E-state index is -1.69. The SMILES string of the molecule is COC1(O)Cc2c([nH]c3ccccc23)C1=O. The molecule has 1 aliphatic carbocycles. The number of aromatic amines is 1. The van der Waals surface area contributed by atoms with Crippen molar-refractivity contribution in [2.24, 2.45) is 0 Å². The lowest BCUT2D eigenvalue weighted by molar-refractivity contribution is -0.141. The van der Waals surface area contributed by atoms with Gasteiger partial charge in [0.05, 0.1) is 5.69 Å². The third kappa shape index (κ3) is 1.03. The predicted octanol–water partition coefficient (Wildman–Crippen LogP) is 1.24. The molecule has 0 fully saturated rings. The standard InChI is InChI=1S/C12H11NO3/c1-16-12(15)6-8-7-4-2-3-5-9(7)13-10(8)11(12)14/h2-5,13,15H,6H2,1H3. The smallest absolute Gasteiger partial charge is 0.238 e. The van der Waals surface area contributed by atoms with E-state index in [9.17, 15) is 9.90 Å². The van der Waals surface area contributed by atoms with Crippen LogP contribution in [0.25, 0.3) is 10.9 Å². The van der Waals surface area contributed by atoms with Crippen molar-refractivity contribution in [3.63, 3.8) is 0 Å². The normalized spacial score (nSPS) is 24.0. The van der Waals surface area contributed by atoms with E-state index in [1.165, 1.54) is 7.11 Å². The summed E-state index contributed by atoms with van der Waals surface area (Å²) in [6, 6.07) is 7.65. The molecule has 1 aromatic carbocycles. The molecule has 1 aliphatic rings. The molecule has 1 aromatic heterocycles. The second-order valence-electron chi connectivity index (χ2n) is 4.02. The van der Waals surface area contributed by atoms with E-state index >= 15 is 0 Å². The van der Waals surface area contributed by atoms with E-state index < -0.39 is 5.79 Å². The molecule has 0 saturated carbocycles. The Morgan fingerprint density at radius 2 is 2.19 bits per heavy atom. The zero-order valence-electron chi connectivity index (χ0n) is 8.78. The Morgan fingerprint density at radius 3 is 2.94 bits per heavy atom. The monoisotopic (exact) mass is 217 g/mol. The van der Waals surface area contributed by atoms with Gasteiger partial charge in [-0.15, -0.1) is 0 Å². The van der Waals surface area contributed by atoms with Gasteiger partial charge in [0.1, 0.15) is 0 Å². The number of para-hydroxylation sites is 1. The van der Waals surface area contributed by atoms with Gasteiger partial charge < -0.3 is 14.8 Å². The van der Waals surface area contributed by atoms with E-state index in [1.54, 1.807) is 0 Å². The summed E-state index contributed by atoms with van der Waals surface area (Å²) in [5.41, 5.74) is 2.22. The summed E-state index contributed by atoms with van der Waals surface area (Å²) in [5.74, 6) is -2.08. The first-order valence-electron chi connectivity index (χ1n) is 5.07. The number of ketones is 1. The number of H-pyrrole nitrogens is 1. The number of carbonyl (C=O) groups is 1. The summed E-state index contributed by atoms with van der Waals surface area (Å²) in [6.07, 6.45) is 0.210. The van der Waals surface area contributed by atoms with E-state index in [-0.39, 0.29) is 12.2 Å². The molecule has 3 rings (SSSR count). The Balaban J connectivity index is 2.26. The van der Waals surface area contributed by atoms with Gasteiger partial charge in [0.25, 0.3) is 0 Å². The highest BCUT2D eigenvalue weighted by molar-refractivity contribution is 6.09. The van der Waals surface area contributed by atoms with E-state index in [0.717, 1.165) is 16.5 Å². The van der Waals surface area contributed by atoms with Gasteiger partial charge in [0.2, 0.25) is 11.6 Å². The van der Waals surface area contributed by atoms with Crippen LogP contribution in [0.15, 0.2) is 24.3 Å². The van der Waals surface area contributed by atoms with E-state index in [0.29, 0.717) is 5.69 Å². The Labute approximate surface area is 91.8 Å². The fourth-order valence-electron chi connectivity index (χ4n) is 2.26. The van der Waals surface area contributed by atoms with Crippen molar-refractivity contribution in [3.05, 3.63) is 35.5 Å². The number of hydrogen-bond acceptors (Lipinski definition) is 3. The van der Waals surface area contributed by atoms with E-state index in [4.69, 9.17) is 4.74 Å². The zero-order chi connectivity index (χ0) is 11.3. The van der Waals surface area contributed by atoms with Gasteiger partial charge in [0, 0.05) is 24.4 Å². The third-order valence-corrected chi connectivity index (χ3v) is 3.15. The Hall–Kier alpha value is -1.65. The van der Waals surface area contributed by atoms with Gasteiger partial charge in [0.15, 0.2) is 0 Å². The highest BCUT2D eigenvalue weighted by Gasteiger charge is 2.46. The van der Waals surface area contributed by atoms with Crippen LogP contribution in [0.2, 0.25) is 0 Å². The fraction of sp³-hybridized carbons (Fsp3) is 0.250. The first-order valence-corrected chi connectivity index (χ1v) is 5.07. The van der Waals surface area contributed by atoms with Crippen molar-refractivity contribution in [2.75, 3.05) is 7.11 Å². The number of nitrogens with one attached hydrogen (secondary N) is 1. The van der Waals surface area contributed by atoms with Crippen LogP contribution in [0.3, 0.4) is 0 Å². The quantitative estimate of drug-likeness (QED) is 0.706. The molecule has 0 spiro atoms. The molecule has 4 heteroatoms. The maximum absolute atomic E-state index is 11.9. The molecule has 0 amide bonds. The topological polar surface area (TPSA) is 62.3 Å². The van der Waals surface area contributed by atoms with Crippen LogP contribution in [0.5, 0.6) is 0 Å². The average molecular weight is 217 g/mol. The number of aliphatic hydroxyl groups is 1. The molecule has 82 valence electrons. The summed E-state index contributed by atoms with van der Waals surface area (Å²) in [7, 11) is 1.34. The summed E-state index contributed by atoms with van der Waals surface area (Å²) in [5, 5.41) is 10.9. The minimum absolute atomic E-state index is 0.210. The predicted molar refractivity (Wildman–Crippen MR) is 58.3 cm³/mol. The molecule has 4 nitrogen and oxygen atoms in total. The highest BCUT2D eigenvalue weighted by atomic mass is 16.6. The molecule has 0 saturated heterocycles. The molecular weight excluding hydrogens is 206 g/mol. The van der Waals surface area contributed by atoms with Gasteiger partial charge in [-0.05, 0) is 11.6 Å². The van der Waals surface area contributed by atoms with Crippen LogP contribution in [0, 0.1) is 0 Å². The Morgan fingerprint density at radius 1 is 1.44 bits per heavy atom. The number of methoxy groups -OCH3 is 1. The van der Waals surface area contributed by atoms with Crippen LogP contribution in [-0.4, -0.2) is 28.8 Å². The van der Waals surface area contributed by atoms with Crippen LogP contribution >= 0.6 is 0 Å². The number of hydrogen-bond donors (Lipinski definition) is 2. The average Bonchev–Trinajstić information content (AvgIpc) is 2.77. The summed E-state index contributed by atoms with van der Waals surface area (Å²) in [4.78, 5) is 14.9. The lowest BCUT2D eigenvalue weighted by atomic mass is 10.1. The number of ether oxygens (including phenoxy) is 1. The maximum Gasteiger partial charge on any atom is 0.238 e. The Bertz CT molecular complexity index is 587. The van der Waals surface area contributed by atoms with Crippen LogP contribution in [0.4, 0.5) is 0 Å². The number of fused-ring (bicyclic) bond motifs is 3. The van der Waals surface area contributed by atoms with Crippen LogP contribution < -0.4 is 0 Å². The molecule has 0 aliphatic heterocycles. The first kappa shape index (κ1) is 9.57. The third-order valence-electron chi connectivity index (χ3n) is 3.15. The van der Waals surface area contributed by atoms with Gasteiger partial charge >= 0.3 is 0 Å². The zero-order valence-corrected chi connectivity index (χ0v) is 8.78. The van der Waals surface area contributed by atoms with Crippen molar-refractivity contribution in [1.29, 1.82) is 0 Å². The molecule has 2 N–H and O–H groups in total. The summed E-state index contributed by atoms with van der Waals surface area (Å²) >= 11 is 0. The molecule has 1 unspecified atom stereocenters. The van der Waals surface area contributed by atoms with Gasteiger partial charge in [-0.1, -0.05) is 18.2 Å². The number of benzene rings is 1. The Kier molecular flexibility index (Phi) is 1.75. The summed E-state index contributed by atoms with van der Waals surface area (Å²) < 4.78 is 4.89. The lowest BCUT2D eigenvalue weighted by Crippen LogP contribution is -2.38. The van der Waals surface area contributed by atoms with E-state index in [2.05, 4.69) is 4.98 Å². The number of rotatable bonds is 1.